The number of rotatable bonds is 2. The van der Waals surface area contributed by atoms with Gasteiger partial charge in [-0.1, -0.05) is 18.2 Å². The highest BCUT2D eigenvalue weighted by molar-refractivity contribution is 5.97. The first kappa shape index (κ1) is 12.6. The van der Waals surface area contributed by atoms with E-state index in [1.165, 1.54) is 0 Å². The molecule has 18 heavy (non-hydrogen) atoms. The van der Waals surface area contributed by atoms with Crippen LogP contribution in [-0.2, 0) is 4.79 Å². The number of aliphatic carboxylic acids is 1. The second kappa shape index (κ2) is 4.80. The summed E-state index contributed by atoms with van der Waals surface area (Å²) < 4.78 is 0. The van der Waals surface area contributed by atoms with E-state index in [4.69, 9.17) is 5.11 Å². The molecule has 2 rings (SSSR count). The molecule has 0 aromatic heterocycles. The number of likely N-dealkylation sites (tertiary alicyclic amines) is 1. The molecule has 96 valence electrons. The van der Waals surface area contributed by atoms with E-state index in [0.29, 0.717) is 25.1 Å². The van der Waals surface area contributed by atoms with Gasteiger partial charge < -0.3 is 10.0 Å². The van der Waals surface area contributed by atoms with Crippen molar-refractivity contribution in [2.75, 3.05) is 13.1 Å². The molecule has 1 aliphatic heterocycles. The second-order valence-electron chi connectivity index (χ2n) is 4.84. The predicted octanol–water partition coefficient (Wildman–Crippen LogP) is 1.85. The van der Waals surface area contributed by atoms with Crippen LogP contribution in [0.4, 0.5) is 0 Å². The first-order valence-corrected chi connectivity index (χ1v) is 6.09. The molecule has 1 aliphatic rings. The van der Waals surface area contributed by atoms with Crippen molar-refractivity contribution in [3.8, 4) is 0 Å². The third-order valence-corrected chi connectivity index (χ3v) is 3.52. The SMILES string of the molecule is Cc1cccc(C)c1C(=O)N1CCC(C(=O)O)C1. The van der Waals surface area contributed by atoms with E-state index < -0.39 is 11.9 Å². The third-order valence-electron chi connectivity index (χ3n) is 3.52. The summed E-state index contributed by atoms with van der Waals surface area (Å²) in [6.45, 7) is 4.67. The topological polar surface area (TPSA) is 57.6 Å². The van der Waals surface area contributed by atoms with Crippen LogP contribution in [0.1, 0.15) is 27.9 Å². The Bertz CT molecular complexity index is 476. The number of aryl methyl sites for hydroxylation is 2. The van der Waals surface area contributed by atoms with Crippen LogP contribution >= 0.6 is 0 Å². The lowest BCUT2D eigenvalue weighted by Gasteiger charge is -2.18. The predicted molar refractivity (Wildman–Crippen MR) is 67.6 cm³/mol. The molecule has 4 nitrogen and oxygen atoms in total. The minimum absolute atomic E-state index is 0.0469. The fraction of sp³-hybridized carbons (Fsp3) is 0.429. The Balaban J connectivity index is 2.21. The van der Waals surface area contributed by atoms with Gasteiger partial charge in [0.25, 0.3) is 5.91 Å². The van der Waals surface area contributed by atoms with Crippen LogP contribution in [-0.4, -0.2) is 35.0 Å². The van der Waals surface area contributed by atoms with Crippen molar-refractivity contribution in [2.24, 2.45) is 5.92 Å². The second-order valence-corrected chi connectivity index (χ2v) is 4.84. The maximum atomic E-state index is 12.4. The Morgan fingerprint density at radius 1 is 1.28 bits per heavy atom. The third kappa shape index (κ3) is 2.23. The summed E-state index contributed by atoms with van der Waals surface area (Å²) in [5, 5.41) is 8.95. The van der Waals surface area contributed by atoms with E-state index in [9.17, 15) is 9.59 Å². The fourth-order valence-electron chi connectivity index (χ4n) is 2.46. The van der Waals surface area contributed by atoms with Gasteiger partial charge in [-0.3, -0.25) is 9.59 Å². The van der Waals surface area contributed by atoms with Gasteiger partial charge in [0.05, 0.1) is 5.92 Å². The maximum absolute atomic E-state index is 12.4. The number of nitrogens with zero attached hydrogens (tertiary/aromatic N) is 1. The Hall–Kier alpha value is -1.84. The van der Waals surface area contributed by atoms with Crippen LogP contribution in [0.15, 0.2) is 18.2 Å². The molecule has 1 unspecified atom stereocenters. The van der Waals surface area contributed by atoms with Crippen molar-refractivity contribution in [3.63, 3.8) is 0 Å². The molecule has 0 saturated carbocycles. The van der Waals surface area contributed by atoms with Gasteiger partial charge in [0.15, 0.2) is 0 Å². The lowest BCUT2D eigenvalue weighted by molar-refractivity contribution is -0.141. The lowest BCUT2D eigenvalue weighted by Crippen LogP contribution is -2.31. The Kier molecular flexibility index (Phi) is 3.36. The first-order chi connectivity index (χ1) is 8.50. The van der Waals surface area contributed by atoms with Crippen LogP contribution in [0, 0.1) is 19.8 Å². The van der Waals surface area contributed by atoms with Crippen LogP contribution in [0.3, 0.4) is 0 Å². The van der Waals surface area contributed by atoms with Crippen LogP contribution in [0.5, 0.6) is 0 Å². The van der Waals surface area contributed by atoms with E-state index >= 15 is 0 Å². The molecule has 1 atom stereocenters. The summed E-state index contributed by atoms with van der Waals surface area (Å²) in [5.41, 5.74) is 2.60. The van der Waals surface area contributed by atoms with E-state index in [2.05, 4.69) is 0 Å². The monoisotopic (exact) mass is 247 g/mol. The molecule has 4 heteroatoms. The molecule has 0 bridgehead atoms. The van der Waals surface area contributed by atoms with Gasteiger partial charge in [0, 0.05) is 18.7 Å². The Morgan fingerprint density at radius 3 is 2.39 bits per heavy atom. The zero-order chi connectivity index (χ0) is 13.3. The molecule has 0 aliphatic carbocycles. The molecule has 1 fully saturated rings. The van der Waals surface area contributed by atoms with Gasteiger partial charge >= 0.3 is 5.97 Å². The van der Waals surface area contributed by atoms with Crippen LogP contribution in [0.25, 0.3) is 0 Å². The van der Waals surface area contributed by atoms with Crippen molar-refractivity contribution >= 4 is 11.9 Å². The van der Waals surface area contributed by atoms with Gasteiger partial charge in [-0.2, -0.15) is 0 Å². The Morgan fingerprint density at radius 2 is 1.89 bits per heavy atom. The number of benzene rings is 1. The van der Waals surface area contributed by atoms with E-state index in [-0.39, 0.29) is 5.91 Å². The van der Waals surface area contributed by atoms with Crippen molar-refractivity contribution in [1.82, 2.24) is 4.90 Å². The number of hydrogen-bond donors (Lipinski definition) is 1. The van der Waals surface area contributed by atoms with Crippen LogP contribution in [0.2, 0.25) is 0 Å². The fourth-order valence-corrected chi connectivity index (χ4v) is 2.46. The van der Waals surface area contributed by atoms with E-state index in [1.807, 2.05) is 32.0 Å². The van der Waals surface area contributed by atoms with Crippen molar-refractivity contribution in [2.45, 2.75) is 20.3 Å². The molecule has 1 aromatic rings. The average Bonchev–Trinajstić information content (AvgIpc) is 2.77. The number of hydrogen-bond acceptors (Lipinski definition) is 2. The van der Waals surface area contributed by atoms with Crippen molar-refractivity contribution < 1.29 is 14.7 Å². The minimum atomic E-state index is -0.813. The Labute approximate surface area is 106 Å². The lowest BCUT2D eigenvalue weighted by atomic mass is 10.0. The average molecular weight is 247 g/mol. The maximum Gasteiger partial charge on any atom is 0.308 e. The zero-order valence-corrected chi connectivity index (χ0v) is 10.6. The van der Waals surface area contributed by atoms with Crippen molar-refractivity contribution in [3.05, 3.63) is 34.9 Å². The summed E-state index contributed by atoms with van der Waals surface area (Å²) in [6.07, 6.45) is 0.548. The number of carbonyl (C=O) groups is 2. The van der Waals surface area contributed by atoms with Gasteiger partial charge in [0.2, 0.25) is 0 Å². The summed E-state index contributed by atoms with van der Waals surface area (Å²) in [4.78, 5) is 24.9. The van der Waals surface area contributed by atoms with E-state index in [0.717, 1.165) is 11.1 Å². The molecule has 0 spiro atoms. The molecule has 1 N–H and O–H groups in total. The molecule has 1 saturated heterocycles. The highest BCUT2D eigenvalue weighted by Gasteiger charge is 2.32. The van der Waals surface area contributed by atoms with Gasteiger partial charge in [-0.05, 0) is 31.4 Å². The summed E-state index contributed by atoms with van der Waals surface area (Å²) in [5.74, 6) is -1.28. The summed E-state index contributed by atoms with van der Waals surface area (Å²) in [6, 6.07) is 5.74. The highest BCUT2D eigenvalue weighted by Crippen LogP contribution is 2.22. The highest BCUT2D eigenvalue weighted by atomic mass is 16.4. The van der Waals surface area contributed by atoms with Gasteiger partial charge in [0.1, 0.15) is 0 Å². The molecular weight excluding hydrogens is 230 g/mol. The summed E-state index contributed by atoms with van der Waals surface area (Å²) in [7, 11) is 0. The number of carboxylic acids is 1. The zero-order valence-electron chi connectivity index (χ0n) is 10.6. The number of carboxylic acid groups (broad SMARTS) is 1. The van der Waals surface area contributed by atoms with E-state index in [1.54, 1.807) is 4.90 Å². The summed E-state index contributed by atoms with van der Waals surface area (Å²) >= 11 is 0. The molecule has 1 heterocycles. The molecule has 0 radical (unpaired) electrons. The number of carbonyl (C=O) groups excluding carboxylic acids is 1. The standard InChI is InChI=1S/C14H17NO3/c1-9-4-3-5-10(2)12(9)13(16)15-7-6-11(8-15)14(17)18/h3-5,11H,6-8H2,1-2H3,(H,17,18). The minimum Gasteiger partial charge on any atom is -0.481 e. The van der Waals surface area contributed by atoms with Crippen LogP contribution < -0.4 is 0 Å². The number of amides is 1. The van der Waals surface area contributed by atoms with Crippen molar-refractivity contribution in [1.29, 1.82) is 0 Å². The molecule has 1 aromatic carbocycles. The van der Waals surface area contributed by atoms with Gasteiger partial charge in [-0.25, -0.2) is 0 Å². The first-order valence-electron chi connectivity index (χ1n) is 6.09. The molecule has 1 amide bonds. The van der Waals surface area contributed by atoms with Gasteiger partial charge in [-0.15, -0.1) is 0 Å². The normalized spacial score (nSPS) is 19.0. The molecular formula is C14H17NO3. The largest absolute Gasteiger partial charge is 0.481 e. The quantitative estimate of drug-likeness (QED) is 0.867. The smallest absolute Gasteiger partial charge is 0.308 e.